The number of carbonyl (C=O) groups is 2. The minimum Gasteiger partial charge on any atom is -0.481 e. The average molecular weight is 198 g/mol. The molecule has 0 saturated heterocycles. The highest BCUT2D eigenvalue weighted by Crippen LogP contribution is 2.58. The number of hydrogen-bond acceptors (Lipinski definition) is 3. The fourth-order valence-electron chi connectivity index (χ4n) is 3.13. The highest BCUT2D eigenvalue weighted by molar-refractivity contribution is 5.85. The molecule has 2 fully saturated rings. The van der Waals surface area contributed by atoms with Gasteiger partial charge in [0.15, 0.2) is 0 Å². The van der Waals surface area contributed by atoms with Crippen LogP contribution in [0.25, 0.3) is 0 Å². The van der Waals surface area contributed by atoms with Crippen LogP contribution in [0.4, 0.5) is 0 Å². The molecule has 0 aromatic heterocycles. The van der Waals surface area contributed by atoms with E-state index in [1.54, 1.807) is 0 Å². The average Bonchev–Trinajstić information content (AvgIpc) is 2.74. The first-order valence-corrected chi connectivity index (χ1v) is 4.91. The Balaban J connectivity index is 2.30. The van der Waals surface area contributed by atoms with E-state index in [9.17, 15) is 9.59 Å². The summed E-state index contributed by atoms with van der Waals surface area (Å²) in [6.45, 7) is 0. The molecule has 0 aromatic carbocycles. The van der Waals surface area contributed by atoms with Crippen LogP contribution in [0.2, 0.25) is 0 Å². The molecule has 2 saturated carbocycles. The minimum absolute atomic E-state index is 0.329. The summed E-state index contributed by atoms with van der Waals surface area (Å²) >= 11 is 0. The smallest absolute Gasteiger partial charge is 0.312 e. The van der Waals surface area contributed by atoms with Gasteiger partial charge in [0.1, 0.15) is 0 Å². The van der Waals surface area contributed by atoms with Crippen LogP contribution in [0.15, 0.2) is 0 Å². The molecule has 3 atom stereocenters. The second-order valence-corrected chi connectivity index (χ2v) is 4.38. The van der Waals surface area contributed by atoms with Gasteiger partial charge in [-0.1, -0.05) is 0 Å². The molecule has 0 amide bonds. The van der Waals surface area contributed by atoms with E-state index in [1.165, 1.54) is 7.11 Å². The van der Waals surface area contributed by atoms with Crippen LogP contribution >= 0.6 is 0 Å². The van der Waals surface area contributed by atoms with Crippen molar-refractivity contribution < 1.29 is 19.4 Å². The van der Waals surface area contributed by atoms with Gasteiger partial charge in [-0.05, 0) is 31.6 Å². The molecule has 0 spiro atoms. The quantitative estimate of drug-likeness (QED) is 0.673. The summed E-state index contributed by atoms with van der Waals surface area (Å²) < 4.78 is 4.73. The van der Waals surface area contributed by atoms with Gasteiger partial charge in [-0.3, -0.25) is 9.59 Å². The van der Waals surface area contributed by atoms with Crippen molar-refractivity contribution in [2.24, 2.45) is 17.3 Å². The molecular weight excluding hydrogens is 184 g/mol. The largest absolute Gasteiger partial charge is 0.481 e. The van der Waals surface area contributed by atoms with Crippen LogP contribution in [0.1, 0.15) is 25.7 Å². The second-order valence-electron chi connectivity index (χ2n) is 4.38. The van der Waals surface area contributed by atoms with Gasteiger partial charge in [0.2, 0.25) is 0 Å². The molecule has 4 nitrogen and oxygen atoms in total. The molecule has 0 aliphatic heterocycles. The van der Waals surface area contributed by atoms with Crippen molar-refractivity contribution in [1.82, 2.24) is 0 Å². The van der Waals surface area contributed by atoms with Crippen molar-refractivity contribution in [3.63, 3.8) is 0 Å². The van der Waals surface area contributed by atoms with Crippen LogP contribution in [0, 0.1) is 17.3 Å². The first kappa shape index (κ1) is 9.49. The van der Waals surface area contributed by atoms with Gasteiger partial charge < -0.3 is 9.84 Å². The molecule has 14 heavy (non-hydrogen) atoms. The van der Waals surface area contributed by atoms with Crippen molar-refractivity contribution in [3.05, 3.63) is 0 Å². The zero-order chi connectivity index (χ0) is 10.3. The summed E-state index contributed by atoms with van der Waals surface area (Å²) in [4.78, 5) is 22.6. The van der Waals surface area contributed by atoms with Gasteiger partial charge in [-0.15, -0.1) is 0 Å². The van der Waals surface area contributed by atoms with Crippen LogP contribution in [0.3, 0.4) is 0 Å². The highest BCUT2D eigenvalue weighted by atomic mass is 16.5. The van der Waals surface area contributed by atoms with Gasteiger partial charge in [0, 0.05) is 0 Å². The van der Waals surface area contributed by atoms with Gasteiger partial charge in [0.25, 0.3) is 0 Å². The standard InChI is InChI=1S/C10H14O4/c1-14-9(13)10-3-2-6(5-10)4-7(10)8(11)12/h6-7H,2-5H2,1H3,(H,11,12)/t6-,7+,10+/m0/s1. The van der Waals surface area contributed by atoms with Crippen molar-refractivity contribution in [1.29, 1.82) is 0 Å². The van der Waals surface area contributed by atoms with Gasteiger partial charge >= 0.3 is 11.9 Å². The summed E-state index contributed by atoms with van der Waals surface area (Å²) in [5.41, 5.74) is -0.703. The lowest BCUT2D eigenvalue weighted by atomic mass is 9.75. The molecule has 4 heteroatoms. The van der Waals surface area contributed by atoms with E-state index in [4.69, 9.17) is 9.84 Å². The summed E-state index contributed by atoms with van der Waals surface area (Å²) in [5, 5.41) is 9.04. The molecule has 2 rings (SSSR count). The lowest BCUT2D eigenvalue weighted by Gasteiger charge is -2.29. The number of carboxylic acids is 1. The first-order valence-electron chi connectivity index (χ1n) is 4.91. The third-order valence-corrected chi connectivity index (χ3v) is 3.78. The number of carbonyl (C=O) groups excluding carboxylic acids is 1. The molecule has 0 heterocycles. The number of methoxy groups -OCH3 is 1. The van der Waals surface area contributed by atoms with E-state index in [-0.39, 0.29) is 5.97 Å². The molecule has 0 unspecified atom stereocenters. The Hall–Kier alpha value is -1.06. The van der Waals surface area contributed by atoms with Crippen molar-refractivity contribution in [3.8, 4) is 0 Å². The number of fused-ring (bicyclic) bond motifs is 2. The van der Waals surface area contributed by atoms with Crippen LogP contribution in [-0.2, 0) is 14.3 Å². The van der Waals surface area contributed by atoms with Crippen molar-refractivity contribution in [2.45, 2.75) is 25.7 Å². The number of hydrogen-bond donors (Lipinski definition) is 1. The molecule has 78 valence electrons. The lowest BCUT2D eigenvalue weighted by molar-refractivity contribution is -0.163. The fourth-order valence-corrected chi connectivity index (χ4v) is 3.13. The number of ether oxygens (including phenoxy) is 1. The van der Waals surface area contributed by atoms with Crippen molar-refractivity contribution >= 4 is 11.9 Å². The molecule has 0 aromatic rings. The first-order chi connectivity index (χ1) is 6.60. The zero-order valence-electron chi connectivity index (χ0n) is 8.16. The van der Waals surface area contributed by atoms with E-state index < -0.39 is 17.3 Å². The van der Waals surface area contributed by atoms with Gasteiger partial charge in [-0.2, -0.15) is 0 Å². The van der Waals surface area contributed by atoms with Crippen molar-refractivity contribution in [2.75, 3.05) is 7.11 Å². The molecule has 2 aliphatic carbocycles. The van der Waals surface area contributed by atoms with E-state index >= 15 is 0 Å². The number of esters is 1. The SMILES string of the molecule is COC(=O)[C@@]12CC[C@@H](C[C@@H]1C(=O)O)C2. The van der Waals surface area contributed by atoms with Crippen LogP contribution in [-0.4, -0.2) is 24.2 Å². The third-order valence-electron chi connectivity index (χ3n) is 3.78. The molecular formula is C10H14O4. The maximum atomic E-state index is 11.6. The second kappa shape index (κ2) is 2.97. The molecule has 2 bridgehead atoms. The number of carboxylic acid groups (broad SMARTS) is 1. The van der Waals surface area contributed by atoms with E-state index in [0.717, 1.165) is 6.42 Å². The maximum Gasteiger partial charge on any atom is 0.312 e. The normalized spacial score (nSPS) is 39.8. The Bertz CT molecular complexity index is 286. The summed E-state index contributed by atoms with van der Waals surface area (Å²) in [5.74, 6) is -1.29. The van der Waals surface area contributed by atoms with E-state index in [2.05, 4.69) is 0 Å². The minimum atomic E-state index is -0.849. The Kier molecular flexibility index (Phi) is 2.01. The Morgan fingerprint density at radius 1 is 1.50 bits per heavy atom. The summed E-state index contributed by atoms with van der Waals surface area (Å²) in [6.07, 6.45) is 3.00. The van der Waals surface area contributed by atoms with Crippen LogP contribution < -0.4 is 0 Å². The Morgan fingerprint density at radius 2 is 2.21 bits per heavy atom. The third kappa shape index (κ3) is 1.06. The highest BCUT2D eigenvalue weighted by Gasteiger charge is 2.60. The topological polar surface area (TPSA) is 63.6 Å². The van der Waals surface area contributed by atoms with Gasteiger partial charge in [-0.25, -0.2) is 0 Å². The zero-order valence-corrected chi connectivity index (χ0v) is 8.16. The van der Waals surface area contributed by atoms with Crippen LogP contribution in [0.5, 0.6) is 0 Å². The summed E-state index contributed by atoms with van der Waals surface area (Å²) in [6, 6.07) is 0. The molecule has 1 N–H and O–H groups in total. The Morgan fingerprint density at radius 3 is 2.71 bits per heavy atom. The predicted molar refractivity (Wildman–Crippen MR) is 47.5 cm³/mol. The van der Waals surface area contributed by atoms with Gasteiger partial charge in [0.05, 0.1) is 18.4 Å². The number of aliphatic carboxylic acids is 1. The van der Waals surface area contributed by atoms with E-state index in [1.807, 2.05) is 0 Å². The Labute approximate surface area is 82.2 Å². The fraction of sp³-hybridized carbons (Fsp3) is 0.800. The number of rotatable bonds is 2. The lowest BCUT2D eigenvalue weighted by Crippen LogP contribution is -2.39. The predicted octanol–water partition coefficient (Wildman–Crippen LogP) is 1.05. The molecule has 2 aliphatic rings. The van der Waals surface area contributed by atoms with E-state index in [0.29, 0.717) is 25.2 Å². The maximum absolute atomic E-state index is 11.6. The summed E-state index contributed by atoms with van der Waals surface area (Å²) in [7, 11) is 1.33. The monoisotopic (exact) mass is 198 g/mol. The molecule has 0 radical (unpaired) electrons.